The molecule has 0 aromatic heterocycles. The van der Waals surface area contributed by atoms with Gasteiger partial charge in [-0.05, 0) is 60.2 Å². The van der Waals surface area contributed by atoms with Gasteiger partial charge in [-0.1, -0.05) is 40.9 Å². The van der Waals surface area contributed by atoms with Crippen LogP contribution in [0.4, 0.5) is 17.1 Å². The number of nitrogens with two attached hydrogens (primary N) is 1. The van der Waals surface area contributed by atoms with Gasteiger partial charge >= 0.3 is 0 Å². The third kappa shape index (κ3) is 5.18. The maximum atomic E-state index is 12.9. The molecule has 0 radical (unpaired) electrons. The fourth-order valence-electron chi connectivity index (χ4n) is 3.63. The normalized spacial score (nSPS) is 18.5. The standard InChI is InChI=1S/C23H16Cl5N3O2/c24-12-6-11(7-13(25)8-12)19-20(23(19,27)28)22(33)31-16-4-5-18(26)17(10-16)21(32)30-15-3-1-2-14(29)9-15/h1-10,19-20H,29H2,(H,30,32)(H,31,33). The van der Waals surface area contributed by atoms with Crippen LogP contribution in [0.2, 0.25) is 15.1 Å². The lowest BCUT2D eigenvalue weighted by Gasteiger charge is -2.11. The molecule has 0 bridgehead atoms. The van der Waals surface area contributed by atoms with E-state index in [2.05, 4.69) is 10.6 Å². The van der Waals surface area contributed by atoms with E-state index in [1.165, 1.54) is 12.1 Å². The second kappa shape index (κ2) is 9.24. The Morgan fingerprint density at radius 2 is 1.52 bits per heavy atom. The van der Waals surface area contributed by atoms with Crippen LogP contribution < -0.4 is 16.4 Å². The lowest BCUT2D eigenvalue weighted by molar-refractivity contribution is -0.117. The Morgan fingerprint density at radius 1 is 0.848 bits per heavy atom. The molecule has 2 amide bonds. The van der Waals surface area contributed by atoms with Crippen LogP contribution in [0.5, 0.6) is 0 Å². The van der Waals surface area contributed by atoms with Crippen molar-refractivity contribution in [1.82, 2.24) is 0 Å². The molecule has 1 fully saturated rings. The van der Waals surface area contributed by atoms with Crippen molar-refractivity contribution in [3.63, 3.8) is 0 Å². The SMILES string of the molecule is Nc1cccc(NC(=O)c2cc(NC(=O)C3C(c4cc(Cl)cc(Cl)c4)C3(Cl)Cl)ccc2Cl)c1. The van der Waals surface area contributed by atoms with Crippen molar-refractivity contribution in [2.45, 2.75) is 10.3 Å². The highest BCUT2D eigenvalue weighted by atomic mass is 35.5. The lowest BCUT2D eigenvalue weighted by Crippen LogP contribution is -2.18. The molecular formula is C23H16Cl5N3O2. The number of alkyl halides is 2. The van der Waals surface area contributed by atoms with Crippen LogP contribution in [0.1, 0.15) is 21.8 Å². The van der Waals surface area contributed by atoms with Crippen LogP contribution in [0.25, 0.3) is 0 Å². The number of rotatable bonds is 5. The maximum Gasteiger partial charge on any atom is 0.257 e. The first-order valence-electron chi connectivity index (χ1n) is 9.67. The third-order valence-corrected chi connectivity index (χ3v) is 6.91. The molecule has 33 heavy (non-hydrogen) atoms. The van der Waals surface area contributed by atoms with Crippen molar-refractivity contribution < 1.29 is 9.59 Å². The van der Waals surface area contributed by atoms with Crippen LogP contribution in [0, 0.1) is 5.92 Å². The molecule has 0 heterocycles. The highest BCUT2D eigenvalue weighted by Gasteiger charge is 2.67. The molecule has 1 aliphatic carbocycles. The number of carbonyl (C=O) groups excluding carboxylic acids is 2. The van der Waals surface area contributed by atoms with E-state index in [1.54, 1.807) is 48.5 Å². The van der Waals surface area contributed by atoms with Gasteiger partial charge in [0.15, 0.2) is 0 Å². The molecular weight excluding hydrogens is 528 g/mol. The Morgan fingerprint density at radius 3 is 2.18 bits per heavy atom. The minimum atomic E-state index is -1.32. The summed E-state index contributed by atoms with van der Waals surface area (Å²) < 4.78 is -1.32. The summed E-state index contributed by atoms with van der Waals surface area (Å²) in [4.78, 5) is 25.7. The Bertz CT molecular complexity index is 1240. The zero-order valence-electron chi connectivity index (χ0n) is 16.7. The summed E-state index contributed by atoms with van der Waals surface area (Å²) in [6.45, 7) is 0. The van der Waals surface area contributed by atoms with E-state index in [-0.39, 0.29) is 10.6 Å². The Labute approximate surface area is 215 Å². The highest BCUT2D eigenvalue weighted by molar-refractivity contribution is 6.53. The molecule has 3 aromatic rings. The van der Waals surface area contributed by atoms with E-state index in [4.69, 9.17) is 63.7 Å². The van der Waals surface area contributed by atoms with Crippen LogP contribution in [0.15, 0.2) is 60.7 Å². The Balaban J connectivity index is 1.51. The van der Waals surface area contributed by atoms with Crippen molar-refractivity contribution in [3.05, 3.63) is 86.9 Å². The average Bonchev–Trinajstić information content (AvgIpc) is 3.31. The quantitative estimate of drug-likeness (QED) is 0.239. The van der Waals surface area contributed by atoms with Gasteiger partial charge < -0.3 is 16.4 Å². The smallest absolute Gasteiger partial charge is 0.257 e. The first-order valence-corrected chi connectivity index (χ1v) is 11.6. The molecule has 1 aliphatic rings. The van der Waals surface area contributed by atoms with Gasteiger partial charge in [-0.3, -0.25) is 9.59 Å². The number of halogens is 5. The molecule has 0 saturated heterocycles. The van der Waals surface area contributed by atoms with E-state index in [1.807, 2.05) is 0 Å². The van der Waals surface area contributed by atoms with Gasteiger partial charge in [-0.15, -0.1) is 23.2 Å². The molecule has 4 rings (SSSR count). The second-order valence-electron chi connectivity index (χ2n) is 7.60. The number of hydrogen-bond donors (Lipinski definition) is 3. The lowest BCUT2D eigenvalue weighted by atomic mass is 10.1. The predicted molar refractivity (Wildman–Crippen MR) is 136 cm³/mol. The van der Waals surface area contributed by atoms with Gasteiger partial charge in [0.05, 0.1) is 16.5 Å². The molecule has 1 saturated carbocycles. The van der Waals surface area contributed by atoms with E-state index in [9.17, 15) is 9.59 Å². The Hall–Kier alpha value is -2.15. The second-order valence-corrected chi connectivity index (χ2v) is 10.3. The number of carbonyl (C=O) groups is 2. The zero-order valence-corrected chi connectivity index (χ0v) is 20.5. The zero-order chi connectivity index (χ0) is 23.9. The fourth-order valence-corrected chi connectivity index (χ4v) is 5.21. The van der Waals surface area contributed by atoms with Gasteiger partial charge in [0.1, 0.15) is 4.33 Å². The molecule has 10 heteroatoms. The highest BCUT2D eigenvalue weighted by Crippen LogP contribution is 2.65. The maximum absolute atomic E-state index is 12.9. The van der Waals surface area contributed by atoms with E-state index in [0.29, 0.717) is 32.7 Å². The van der Waals surface area contributed by atoms with Crippen molar-refractivity contribution in [2.75, 3.05) is 16.4 Å². The number of anilines is 3. The molecule has 4 N–H and O–H groups in total. The molecule has 0 spiro atoms. The van der Waals surface area contributed by atoms with Crippen LogP contribution in [-0.4, -0.2) is 16.1 Å². The van der Waals surface area contributed by atoms with Gasteiger partial charge in [0, 0.05) is 33.0 Å². The summed E-state index contributed by atoms with van der Waals surface area (Å²) in [7, 11) is 0. The summed E-state index contributed by atoms with van der Waals surface area (Å²) >= 11 is 31.2. The summed E-state index contributed by atoms with van der Waals surface area (Å²) in [6.07, 6.45) is 0. The molecule has 2 atom stereocenters. The predicted octanol–water partition coefficient (Wildman–Crippen LogP) is 7.01. The largest absolute Gasteiger partial charge is 0.399 e. The number of hydrogen-bond acceptors (Lipinski definition) is 3. The minimum Gasteiger partial charge on any atom is -0.399 e. The van der Waals surface area contributed by atoms with Crippen molar-refractivity contribution in [3.8, 4) is 0 Å². The molecule has 0 aliphatic heterocycles. The van der Waals surface area contributed by atoms with Gasteiger partial charge in [0.2, 0.25) is 5.91 Å². The van der Waals surface area contributed by atoms with Crippen LogP contribution in [0.3, 0.4) is 0 Å². The Kier molecular flexibility index (Phi) is 6.72. The van der Waals surface area contributed by atoms with E-state index >= 15 is 0 Å². The number of nitrogens with one attached hydrogen (secondary N) is 2. The summed E-state index contributed by atoms with van der Waals surface area (Å²) in [5, 5.41) is 6.53. The molecule has 3 aromatic carbocycles. The average molecular weight is 544 g/mol. The van der Waals surface area contributed by atoms with Crippen LogP contribution >= 0.6 is 58.0 Å². The van der Waals surface area contributed by atoms with Crippen molar-refractivity contribution >= 4 is 86.9 Å². The molecule has 2 unspecified atom stereocenters. The van der Waals surface area contributed by atoms with Crippen molar-refractivity contribution in [2.24, 2.45) is 5.92 Å². The number of benzene rings is 3. The van der Waals surface area contributed by atoms with E-state index < -0.39 is 28.0 Å². The topological polar surface area (TPSA) is 84.2 Å². The van der Waals surface area contributed by atoms with Gasteiger partial charge in [-0.2, -0.15) is 0 Å². The number of amides is 2. The van der Waals surface area contributed by atoms with Crippen LogP contribution in [-0.2, 0) is 4.79 Å². The summed E-state index contributed by atoms with van der Waals surface area (Å²) in [5.41, 5.74) is 7.97. The van der Waals surface area contributed by atoms with Gasteiger partial charge in [-0.25, -0.2) is 0 Å². The minimum absolute atomic E-state index is 0.175. The first kappa shape index (κ1) is 24.0. The summed E-state index contributed by atoms with van der Waals surface area (Å²) in [6, 6.07) is 16.2. The monoisotopic (exact) mass is 541 g/mol. The number of nitrogen functional groups attached to an aromatic ring is 1. The fraction of sp³-hybridized carbons (Fsp3) is 0.130. The van der Waals surface area contributed by atoms with Crippen molar-refractivity contribution in [1.29, 1.82) is 0 Å². The van der Waals surface area contributed by atoms with Gasteiger partial charge in [0.25, 0.3) is 5.91 Å². The third-order valence-electron chi connectivity index (χ3n) is 5.20. The first-order chi connectivity index (χ1) is 15.6. The molecule has 5 nitrogen and oxygen atoms in total. The molecule has 170 valence electrons. The van der Waals surface area contributed by atoms with E-state index in [0.717, 1.165) is 0 Å². The summed E-state index contributed by atoms with van der Waals surface area (Å²) in [5.74, 6) is -2.10.